The molecule has 1 saturated heterocycles. The fourth-order valence-corrected chi connectivity index (χ4v) is 3.17. The number of furan rings is 1. The molecule has 6 heteroatoms. The van der Waals surface area contributed by atoms with Gasteiger partial charge < -0.3 is 14.5 Å². The Kier molecular flexibility index (Phi) is 6.44. The summed E-state index contributed by atoms with van der Waals surface area (Å²) in [6.45, 7) is 2.45. The molecular formula is C20H24N2O4. The van der Waals surface area contributed by atoms with Crippen LogP contribution in [-0.2, 0) is 4.79 Å². The van der Waals surface area contributed by atoms with Gasteiger partial charge in [0.2, 0.25) is 0 Å². The van der Waals surface area contributed by atoms with E-state index >= 15 is 0 Å². The summed E-state index contributed by atoms with van der Waals surface area (Å²) >= 11 is 0. The largest absolute Gasteiger partial charge is 0.484 e. The molecule has 3 rings (SSSR count). The van der Waals surface area contributed by atoms with Crippen LogP contribution in [0.25, 0.3) is 0 Å². The predicted molar refractivity (Wildman–Crippen MR) is 97.2 cm³/mol. The lowest BCUT2D eigenvalue weighted by molar-refractivity contribution is -0.123. The van der Waals surface area contributed by atoms with Gasteiger partial charge in [-0.2, -0.15) is 0 Å². The quantitative estimate of drug-likeness (QED) is 0.737. The minimum absolute atomic E-state index is 0.0427. The van der Waals surface area contributed by atoms with E-state index in [1.165, 1.54) is 19.3 Å². The Labute approximate surface area is 153 Å². The van der Waals surface area contributed by atoms with Crippen molar-refractivity contribution in [3.63, 3.8) is 0 Å². The third-order valence-electron chi connectivity index (χ3n) is 4.58. The summed E-state index contributed by atoms with van der Waals surface area (Å²) < 4.78 is 11.1. The molecule has 2 aromatic rings. The zero-order valence-electron chi connectivity index (χ0n) is 14.7. The zero-order chi connectivity index (χ0) is 18.2. The van der Waals surface area contributed by atoms with E-state index < -0.39 is 0 Å². The fraction of sp³-hybridized carbons (Fsp3) is 0.400. The molecule has 2 heterocycles. The van der Waals surface area contributed by atoms with Gasteiger partial charge in [-0.3, -0.25) is 14.5 Å². The third kappa shape index (κ3) is 4.95. The minimum Gasteiger partial charge on any atom is -0.484 e. The average molecular weight is 356 g/mol. The Hall–Kier alpha value is -2.60. The molecular weight excluding hydrogens is 332 g/mol. The van der Waals surface area contributed by atoms with Gasteiger partial charge in [-0.15, -0.1) is 0 Å². The van der Waals surface area contributed by atoms with E-state index in [9.17, 15) is 9.59 Å². The summed E-state index contributed by atoms with van der Waals surface area (Å²) in [5.74, 6) is 1.25. The molecule has 1 aliphatic rings. The Bertz CT molecular complexity index is 691. The summed E-state index contributed by atoms with van der Waals surface area (Å²) in [7, 11) is 0. The maximum atomic E-state index is 12.2. The third-order valence-corrected chi connectivity index (χ3v) is 4.58. The normalized spacial score (nSPS) is 16.0. The highest BCUT2D eigenvalue weighted by Crippen LogP contribution is 2.24. The maximum absolute atomic E-state index is 12.2. The number of nitrogens with zero attached hydrogens (tertiary/aromatic N) is 1. The van der Waals surface area contributed by atoms with Crippen molar-refractivity contribution in [2.45, 2.75) is 25.3 Å². The van der Waals surface area contributed by atoms with Crippen molar-refractivity contribution in [2.24, 2.45) is 0 Å². The first-order valence-electron chi connectivity index (χ1n) is 8.98. The average Bonchev–Trinajstić information content (AvgIpc) is 3.22. The van der Waals surface area contributed by atoms with E-state index in [1.807, 2.05) is 12.1 Å². The van der Waals surface area contributed by atoms with Gasteiger partial charge in [-0.25, -0.2) is 0 Å². The number of piperidine rings is 1. The Morgan fingerprint density at radius 2 is 1.96 bits per heavy atom. The van der Waals surface area contributed by atoms with E-state index in [2.05, 4.69) is 10.2 Å². The first kappa shape index (κ1) is 18.2. The smallest absolute Gasteiger partial charge is 0.258 e. The van der Waals surface area contributed by atoms with Crippen molar-refractivity contribution in [3.8, 4) is 5.75 Å². The summed E-state index contributed by atoms with van der Waals surface area (Å²) in [5, 5.41) is 2.94. The Balaban J connectivity index is 1.51. The van der Waals surface area contributed by atoms with E-state index in [0.717, 1.165) is 25.1 Å². The highest BCUT2D eigenvalue weighted by molar-refractivity contribution is 5.77. The molecule has 26 heavy (non-hydrogen) atoms. The van der Waals surface area contributed by atoms with Crippen LogP contribution in [0.5, 0.6) is 5.75 Å². The second-order valence-electron chi connectivity index (χ2n) is 6.41. The first-order chi connectivity index (χ1) is 12.8. The van der Waals surface area contributed by atoms with Crippen molar-refractivity contribution >= 4 is 12.2 Å². The maximum Gasteiger partial charge on any atom is 0.258 e. The van der Waals surface area contributed by atoms with E-state index in [4.69, 9.17) is 9.15 Å². The number of rotatable bonds is 8. The van der Waals surface area contributed by atoms with Gasteiger partial charge in [0.15, 0.2) is 6.61 Å². The standard InChI is InChI=1S/C20H24N2O4/c23-14-16-6-8-17(9-7-16)26-15-20(24)21-13-18(19-5-4-12-25-19)22-10-2-1-3-11-22/h4-9,12,14,18H,1-3,10-11,13,15H2,(H,21,24). The number of likely N-dealkylation sites (tertiary alicyclic amines) is 1. The molecule has 6 nitrogen and oxygen atoms in total. The van der Waals surface area contributed by atoms with Gasteiger partial charge in [0.05, 0.1) is 12.3 Å². The Morgan fingerprint density at radius 3 is 2.62 bits per heavy atom. The molecule has 0 saturated carbocycles. The Morgan fingerprint density at radius 1 is 1.19 bits per heavy atom. The van der Waals surface area contributed by atoms with Gasteiger partial charge in [0.1, 0.15) is 17.8 Å². The van der Waals surface area contributed by atoms with Crippen LogP contribution in [0.3, 0.4) is 0 Å². The zero-order valence-corrected chi connectivity index (χ0v) is 14.7. The number of benzene rings is 1. The highest BCUT2D eigenvalue weighted by atomic mass is 16.5. The van der Waals surface area contributed by atoms with Crippen molar-refractivity contribution < 1.29 is 18.7 Å². The predicted octanol–water partition coefficient (Wildman–Crippen LogP) is 2.81. The van der Waals surface area contributed by atoms with Crippen molar-refractivity contribution in [1.82, 2.24) is 10.2 Å². The number of aldehydes is 1. The van der Waals surface area contributed by atoms with Gasteiger partial charge in [0.25, 0.3) is 5.91 Å². The summed E-state index contributed by atoms with van der Waals surface area (Å²) in [5.41, 5.74) is 0.574. The minimum atomic E-state index is -0.182. The fourth-order valence-electron chi connectivity index (χ4n) is 3.17. The van der Waals surface area contributed by atoms with Crippen LogP contribution in [0.1, 0.15) is 41.4 Å². The molecule has 1 N–H and O–H groups in total. The number of amides is 1. The van der Waals surface area contributed by atoms with Gasteiger partial charge >= 0.3 is 0 Å². The lowest BCUT2D eigenvalue weighted by Crippen LogP contribution is -2.41. The summed E-state index contributed by atoms with van der Waals surface area (Å²) in [6, 6.07) is 10.5. The molecule has 1 unspecified atom stereocenters. The van der Waals surface area contributed by atoms with Crippen molar-refractivity contribution in [3.05, 3.63) is 54.0 Å². The SMILES string of the molecule is O=Cc1ccc(OCC(=O)NCC(c2ccco2)N2CCCCC2)cc1. The van der Waals surface area contributed by atoms with Crippen LogP contribution in [0.15, 0.2) is 47.1 Å². The molecule has 1 fully saturated rings. The second-order valence-corrected chi connectivity index (χ2v) is 6.41. The molecule has 0 spiro atoms. The van der Waals surface area contributed by atoms with Crippen molar-refractivity contribution in [1.29, 1.82) is 0 Å². The van der Waals surface area contributed by atoms with Crippen LogP contribution in [0, 0.1) is 0 Å². The summed E-state index contributed by atoms with van der Waals surface area (Å²) in [4.78, 5) is 25.2. The van der Waals surface area contributed by atoms with E-state index in [0.29, 0.717) is 17.9 Å². The highest BCUT2D eigenvalue weighted by Gasteiger charge is 2.24. The lowest BCUT2D eigenvalue weighted by Gasteiger charge is -2.33. The molecule has 0 bridgehead atoms. The molecule has 1 amide bonds. The van der Waals surface area contributed by atoms with Crippen LogP contribution in [-0.4, -0.2) is 43.3 Å². The van der Waals surface area contributed by atoms with E-state index in [1.54, 1.807) is 30.5 Å². The molecule has 0 radical (unpaired) electrons. The van der Waals surface area contributed by atoms with Crippen LogP contribution in [0.4, 0.5) is 0 Å². The van der Waals surface area contributed by atoms with E-state index in [-0.39, 0.29) is 18.6 Å². The number of ether oxygens (including phenoxy) is 1. The number of carbonyl (C=O) groups excluding carboxylic acids is 2. The van der Waals surface area contributed by atoms with Crippen LogP contribution < -0.4 is 10.1 Å². The van der Waals surface area contributed by atoms with Gasteiger partial charge in [-0.1, -0.05) is 6.42 Å². The van der Waals surface area contributed by atoms with Crippen molar-refractivity contribution in [2.75, 3.05) is 26.2 Å². The molecule has 0 aliphatic carbocycles. The van der Waals surface area contributed by atoms with Gasteiger partial charge in [0, 0.05) is 12.1 Å². The van der Waals surface area contributed by atoms with Crippen LogP contribution >= 0.6 is 0 Å². The molecule has 1 aliphatic heterocycles. The molecule has 1 atom stereocenters. The summed E-state index contributed by atoms with van der Waals surface area (Å²) in [6.07, 6.45) is 6.03. The number of hydrogen-bond donors (Lipinski definition) is 1. The monoisotopic (exact) mass is 356 g/mol. The number of hydrogen-bond acceptors (Lipinski definition) is 5. The molecule has 138 valence electrons. The first-order valence-corrected chi connectivity index (χ1v) is 8.98. The van der Waals surface area contributed by atoms with Crippen LogP contribution in [0.2, 0.25) is 0 Å². The topological polar surface area (TPSA) is 71.8 Å². The second kappa shape index (κ2) is 9.20. The van der Waals surface area contributed by atoms with Gasteiger partial charge in [-0.05, 0) is 62.3 Å². The number of carbonyl (C=O) groups is 2. The number of nitrogens with one attached hydrogen (secondary N) is 1. The lowest BCUT2D eigenvalue weighted by atomic mass is 10.1. The molecule has 1 aromatic carbocycles. The molecule has 1 aromatic heterocycles.